The van der Waals surface area contributed by atoms with Gasteiger partial charge < -0.3 is 14.6 Å². The summed E-state index contributed by atoms with van der Waals surface area (Å²) in [5.41, 5.74) is 1.19. The van der Waals surface area contributed by atoms with Crippen LogP contribution in [0.15, 0.2) is 24.8 Å². The summed E-state index contributed by atoms with van der Waals surface area (Å²) in [6.07, 6.45) is 4.80. The molecule has 3 fully saturated rings. The number of halogens is 5. The third kappa shape index (κ3) is 3.19. The molecule has 3 aromatic heterocycles. The van der Waals surface area contributed by atoms with Crippen molar-refractivity contribution in [1.29, 1.82) is 0 Å². The Kier molecular flexibility index (Phi) is 4.30. The van der Waals surface area contributed by atoms with Crippen molar-refractivity contribution in [3.05, 3.63) is 35.6 Å². The molecule has 13 heteroatoms. The Hall–Kier alpha value is -3.41. The number of aromatic amines is 1. The van der Waals surface area contributed by atoms with Crippen LogP contribution in [0.3, 0.4) is 0 Å². The Bertz CT molecular complexity index is 1570. The van der Waals surface area contributed by atoms with Crippen LogP contribution in [-0.2, 0) is 4.79 Å². The Morgan fingerprint density at radius 1 is 1.22 bits per heavy atom. The number of hydrogen-bond acceptors (Lipinski definition) is 5. The quantitative estimate of drug-likeness (QED) is 0.385. The van der Waals surface area contributed by atoms with Gasteiger partial charge in [0.25, 0.3) is 0 Å². The van der Waals surface area contributed by atoms with E-state index >= 15 is 4.39 Å². The van der Waals surface area contributed by atoms with E-state index in [1.807, 2.05) is 0 Å². The van der Waals surface area contributed by atoms with Gasteiger partial charge in [-0.1, -0.05) is 11.6 Å². The van der Waals surface area contributed by atoms with Crippen LogP contribution in [0.1, 0.15) is 19.3 Å². The lowest BCUT2D eigenvalue weighted by Crippen LogP contribution is -2.66. The second-order valence-corrected chi connectivity index (χ2v) is 10.5. The van der Waals surface area contributed by atoms with Gasteiger partial charge in [0, 0.05) is 48.5 Å². The van der Waals surface area contributed by atoms with Crippen molar-refractivity contribution in [3.63, 3.8) is 0 Å². The fraction of sp³-hybridized carbons (Fsp3) is 0.391. The smallest absolute Gasteiger partial charge is 0.249 e. The molecule has 3 aliphatic rings. The molecular weight excluding hydrogens is 502 g/mol. The zero-order chi connectivity index (χ0) is 25.0. The molecule has 8 nitrogen and oxygen atoms in total. The number of nitrogens with zero attached hydrogens (tertiary/aromatic N) is 5. The van der Waals surface area contributed by atoms with Gasteiger partial charge in [-0.15, -0.1) is 0 Å². The zero-order valence-electron chi connectivity index (χ0n) is 18.5. The number of carbonyl (C=O) groups excluding carboxylic acids is 1. The van der Waals surface area contributed by atoms with Crippen molar-refractivity contribution in [2.75, 3.05) is 23.3 Å². The Morgan fingerprint density at radius 2 is 1.97 bits per heavy atom. The fourth-order valence-corrected chi connectivity index (χ4v) is 5.87. The van der Waals surface area contributed by atoms with Gasteiger partial charge in [0.15, 0.2) is 17.3 Å². The molecule has 0 unspecified atom stereocenters. The number of nitrogens with one attached hydrogen (secondary N) is 2. The van der Waals surface area contributed by atoms with Crippen molar-refractivity contribution in [3.8, 4) is 11.3 Å². The molecule has 0 bridgehead atoms. The van der Waals surface area contributed by atoms with E-state index < -0.39 is 35.2 Å². The molecule has 1 amide bonds. The van der Waals surface area contributed by atoms with Gasteiger partial charge in [-0.25, -0.2) is 22.5 Å². The standard InChI is InChI=1S/C23H18ClF4N7O/c24-17-16(13-4-34-5-14(31-15(34)3-29-13)32-21(36)10-1-12(10)25)11-2-30-33-19(11)20(18(17)26)35-8-22(9-35)6-23(27,28)7-22/h2-5,10,12H,1,6-9H2,(H,30,33)(H,32,36)/t10-,12+/m1/s1. The first-order valence-corrected chi connectivity index (χ1v) is 11.8. The summed E-state index contributed by atoms with van der Waals surface area (Å²) >= 11 is 6.52. The first-order chi connectivity index (χ1) is 17.1. The van der Waals surface area contributed by atoms with Gasteiger partial charge in [-0.2, -0.15) is 5.10 Å². The van der Waals surface area contributed by atoms with Gasteiger partial charge in [0.05, 0.1) is 40.7 Å². The first kappa shape index (κ1) is 21.8. The van der Waals surface area contributed by atoms with Crippen molar-refractivity contribution >= 4 is 45.6 Å². The number of hydrogen-bond donors (Lipinski definition) is 2. The molecule has 4 heterocycles. The number of fused-ring (bicyclic) bond motifs is 2. The average molecular weight is 520 g/mol. The maximum atomic E-state index is 15.6. The SMILES string of the molecule is O=C(Nc1cn2cc(-c3c(Cl)c(F)c(N4CC5(C4)CC(F)(F)C5)c4[nH]ncc34)ncc2n1)[C@@H]1C[C@@H]1F. The molecule has 2 saturated carbocycles. The highest BCUT2D eigenvalue weighted by Gasteiger charge is 2.62. The van der Waals surface area contributed by atoms with Crippen LogP contribution < -0.4 is 10.2 Å². The van der Waals surface area contributed by atoms with Crippen molar-refractivity contribution in [2.24, 2.45) is 11.3 Å². The molecule has 2 N–H and O–H groups in total. The molecule has 1 aliphatic heterocycles. The van der Waals surface area contributed by atoms with E-state index in [-0.39, 0.29) is 35.8 Å². The van der Waals surface area contributed by atoms with Crippen LogP contribution in [-0.4, -0.2) is 55.7 Å². The van der Waals surface area contributed by atoms with Gasteiger partial charge >= 0.3 is 0 Å². The van der Waals surface area contributed by atoms with E-state index in [9.17, 15) is 18.0 Å². The topological polar surface area (TPSA) is 91.2 Å². The van der Waals surface area contributed by atoms with Crippen LogP contribution in [0.5, 0.6) is 0 Å². The molecule has 1 aromatic carbocycles. The highest BCUT2D eigenvalue weighted by molar-refractivity contribution is 6.36. The Morgan fingerprint density at radius 3 is 2.67 bits per heavy atom. The van der Waals surface area contributed by atoms with E-state index in [0.29, 0.717) is 40.9 Å². The summed E-state index contributed by atoms with van der Waals surface area (Å²) in [4.78, 5) is 22.4. The Balaban J connectivity index is 1.23. The number of anilines is 2. The van der Waals surface area contributed by atoms with Crippen LogP contribution >= 0.6 is 11.6 Å². The lowest BCUT2D eigenvalue weighted by Gasteiger charge is -2.59. The van der Waals surface area contributed by atoms with E-state index in [4.69, 9.17) is 11.6 Å². The number of aromatic nitrogens is 5. The summed E-state index contributed by atoms with van der Waals surface area (Å²) in [6.45, 7) is 0.641. The van der Waals surface area contributed by atoms with Crippen molar-refractivity contribution < 1.29 is 22.4 Å². The largest absolute Gasteiger partial charge is 0.366 e. The highest BCUT2D eigenvalue weighted by atomic mass is 35.5. The van der Waals surface area contributed by atoms with Crippen LogP contribution in [0.2, 0.25) is 5.02 Å². The summed E-state index contributed by atoms with van der Waals surface area (Å²) < 4.78 is 57.2. The fourth-order valence-electron chi connectivity index (χ4n) is 5.58. The summed E-state index contributed by atoms with van der Waals surface area (Å²) in [5, 5.41) is 9.84. The van der Waals surface area contributed by atoms with E-state index in [0.717, 1.165) is 0 Å². The molecule has 186 valence electrons. The first-order valence-electron chi connectivity index (χ1n) is 11.4. The van der Waals surface area contributed by atoms with Crippen LogP contribution in [0, 0.1) is 17.2 Å². The molecule has 4 aromatic rings. The van der Waals surface area contributed by atoms with Gasteiger partial charge in [-0.05, 0) is 6.42 Å². The number of imidazole rings is 1. The van der Waals surface area contributed by atoms with Gasteiger partial charge in [0.2, 0.25) is 11.8 Å². The molecule has 2 aliphatic carbocycles. The lowest BCUT2D eigenvalue weighted by molar-refractivity contribution is -0.170. The predicted octanol–water partition coefficient (Wildman–Crippen LogP) is 4.60. The van der Waals surface area contributed by atoms with Crippen LogP contribution in [0.25, 0.3) is 27.8 Å². The highest BCUT2D eigenvalue weighted by Crippen LogP contribution is 2.58. The number of alkyl halides is 3. The summed E-state index contributed by atoms with van der Waals surface area (Å²) in [6, 6.07) is 0. The third-order valence-electron chi connectivity index (χ3n) is 7.30. The minimum Gasteiger partial charge on any atom is -0.366 e. The number of benzene rings is 1. The molecule has 7 rings (SSSR count). The van der Waals surface area contributed by atoms with E-state index in [2.05, 4.69) is 25.5 Å². The minimum absolute atomic E-state index is 0.165. The summed E-state index contributed by atoms with van der Waals surface area (Å²) in [5.74, 6) is -4.18. The molecular formula is C23H18ClF4N7O. The second-order valence-electron chi connectivity index (χ2n) is 10.1. The Labute approximate surface area is 205 Å². The maximum absolute atomic E-state index is 15.6. The number of carbonyl (C=O) groups is 1. The summed E-state index contributed by atoms with van der Waals surface area (Å²) in [7, 11) is 0. The number of H-pyrrole nitrogens is 1. The third-order valence-corrected chi connectivity index (χ3v) is 7.65. The van der Waals surface area contributed by atoms with Crippen LogP contribution in [0.4, 0.5) is 29.1 Å². The molecule has 1 saturated heterocycles. The van der Waals surface area contributed by atoms with E-state index in [1.165, 1.54) is 12.4 Å². The second kappa shape index (κ2) is 7.09. The van der Waals surface area contributed by atoms with Crippen molar-refractivity contribution in [1.82, 2.24) is 24.6 Å². The monoisotopic (exact) mass is 519 g/mol. The lowest BCUT2D eigenvalue weighted by atomic mass is 9.61. The molecule has 0 radical (unpaired) electrons. The molecule has 2 atom stereocenters. The average Bonchev–Trinajstić information content (AvgIpc) is 3.15. The predicted molar refractivity (Wildman–Crippen MR) is 124 cm³/mol. The molecule has 1 spiro atoms. The number of amides is 1. The molecule has 36 heavy (non-hydrogen) atoms. The normalized spacial score (nSPS) is 23.6. The van der Waals surface area contributed by atoms with Crippen molar-refractivity contribution in [2.45, 2.75) is 31.4 Å². The zero-order valence-corrected chi connectivity index (χ0v) is 19.3. The minimum atomic E-state index is -2.65. The van der Waals surface area contributed by atoms with E-state index in [1.54, 1.807) is 21.7 Å². The maximum Gasteiger partial charge on any atom is 0.249 e. The van der Waals surface area contributed by atoms with Gasteiger partial charge in [0.1, 0.15) is 11.9 Å². The number of rotatable bonds is 4. The van der Waals surface area contributed by atoms with Gasteiger partial charge in [-0.3, -0.25) is 14.9 Å².